The van der Waals surface area contributed by atoms with E-state index in [1.165, 1.54) is 63.4 Å². The van der Waals surface area contributed by atoms with Crippen LogP contribution >= 0.6 is 0 Å². The van der Waals surface area contributed by atoms with Gasteiger partial charge in [-0.2, -0.15) is 0 Å². The molecule has 0 heterocycles. The molecule has 0 aromatic rings. The molecule has 0 aliphatic carbocycles. The molecule has 0 aliphatic rings. The lowest BCUT2D eigenvalue weighted by atomic mass is 9.91. The normalized spacial score (nSPS) is 14.9. The van der Waals surface area contributed by atoms with Crippen LogP contribution in [-0.2, 0) is 4.74 Å². The molecule has 0 aromatic carbocycles. The molecule has 0 saturated carbocycles. The molecular weight excluding hydrogens is 306 g/mol. The van der Waals surface area contributed by atoms with Crippen molar-refractivity contribution >= 4 is 0 Å². The number of nitrogens with two attached hydrogens (primary N) is 1. The highest BCUT2D eigenvalue weighted by atomic mass is 16.5. The average molecular weight is 354 g/mol. The Kier molecular flexibility index (Phi) is 16.9. The van der Waals surface area contributed by atoms with Gasteiger partial charge in [0.25, 0.3) is 0 Å². The first-order chi connectivity index (χ1) is 12.0. The van der Waals surface area contributed by atoms with E-state index in [0.717, 1.165) is 43.9 Å². The Morgan fingerprint density at radius 3 is 1.96 bits per heavy atom. The van der Waals surface area contributed by atoms with Gasteiger partial charge in [0.05, 0.1) is 6.61 Å². The van der Waals surface area contributed by atoms with Crippen LogP contribution in [0.25, 0.3) is 0 Å². The first-order valence-corrected chi connectivity index (χ1v) is 10.9. The molecule has 150 valence electrons. The lowest BCUT2D eigenvalue weighted by molar-refractivity contribution is 0.160. The standard InChI is InChI=1S/C23H47NO/c1-20(2)10-6-11-21(3)12-7-13-22(4)14-8-15-23(5)16-19-25-18-9-17-24/h16,20-22H,6-15,17-19,24H2,1-5H3/t21-,22-/m1/s1. The summed E-state index contributed by atoms with van der Waals surface area (Å²) in [5, 5.41) is 0. The van der Waals surface area contributed by atoms with Gasteiger partial charge in [0, 0.05) is 6.61 Å². The highest BCUT2D eigenvalue weighted by Gasteiger charge is 2.06. The van der Waals surface area contributed by atoms with E-state index in [9.17, 15) is 0 Å². The molecule has 0 amide bonds. The van der Waals surface area contributed by atoms with Crippen molar-refractivity contribution in [1.29, 1.82) is 0 Å². The molecule has 0 spiro atoms. The number of hydrogen-bond acceptors (Lipinski definition) is 2. The number of allylic oxidation sites excluding steroid dienone is 1. The molecule has 2 nitrogen and oxygen atoms in total. The fraction of sp³-hybridized carbons (Fsp3) is 0.913. The topological polar surface area (TPSA) is 35.2 Å². The van der Waals surface area contributed by atoms with E-state index in [1.54, 1.807) is 0 Å². The van der Waals surface area contributed by atoms with Crippen LogP contribution in [-0.4, -0.2) is 19.8 Å². The minimum Gasteiger partial charge on any atom is -0.377 e. The Balaban J connectivity index is 3.56. The van der Waals surface area contributed by atoms with Crippen molar-refractivity contribution in [2.45, 2.75) is 98.8 Å². The van der Waals surface area contributed by atoms with Gasteiger partial charge in [0.1, 0.15) is 0 Å². The van der Waals surface area contributed by atoms with Gasteiger partial charge in [-0.1, -0.05) is 84.3 Å². The number of rotatable bonds is 17. The SMILES string of the molecule is CC(=CCOCCCN)CCC[C@H](C)CCC[C@H](C)CCCC(C)C. The van der Waals surface area contributed by atoms with E-state index in [2.05, 4.69) is 40.7 Å². The summed E-state index contributed by atoms with van der Waals surface area (Å²) in [6.45, 7) is 14.0. The van der Waals surface area contributed by atoms with Crippen molar-refractivity contribution in [3.05, 3.63) is 11.6 Å². The number of hydrogen-bond donors (Lipinski definition) is 1. The van der Waals surface area contributed by atoms with Crippen LogP contribution in [0.4, 0.5) is 0 Å². The zero-order valence-electron chi connectivity index (χ0n) is 18.0. The fourth-order valence-electron chi connectivity index (χ4n) is 3.28. The smallest absolute Gasteiger partial charge is 0.0649 e. The van der Waals surface area contributed by atoms with Crippen molar-refractivity contribution in [2.75, 3.05) is 19.8 Å². The van der Waals surface area contributed by atoms with E-state index in [4.69, 9.17) is 10.5 Å². The zero-order chi connectivity index (χ0) is 18.9. The average Bonchev–Trinajstić information content (AvgIpc) is 2.54. The van der Waals surface area contributed by atoms with Gasteiger partial charge in [-0.25, -0.2) is 0 Å². The van der Waals surface area contributed by atoms with Crippen LogP contribution in [0, 0.1) is 17.8 Å². The largest absolute Gasteiger partial charge is 0.377 e. The predicted molar refractivity (Wildman–Crippen MR) is 113 cm³/mol. The Morgan fingerprint density at radius 1 is 0.840 bits per heavy atom. The van der Waals surface area contributed by atoms with Crippen LogP contribution in [0.3, 0.4) is 0 Å². The molecule has 0 saturated heterocycles. The van der Waals surface area contributed by atoms with Gasteiger partial charge in [-0.05, 0) is 50.5 Å². The third-order valence-corrected chi connectivity index (χ3v) is 5.18. The van der Waals surface area contributed by atoms with Gasteiger partial charge in [0.2, 0.25) is 0 Å². The third kappa shape index (κ3) is 18.3. The van der Waals surface area contributed by atoms with Gasteiger partial charge in [-0.3, -0.25) is 0 Å². The van der Waals surface area contributed by atoms with E-state index in [1.807, 2.05) is 0 Å². The Bertz CT molecular complexity index is 311. The maximum absolute atomic E-state index is 5.53. The first-order valence-electron chi connectivity index (χ1n) is 10.9. The lowest BCUT2D eigenvalue weighted by Crippen LogP contribution is -2.04. The van der Waals surface area contributed by atoms with Crippen molar-refractivity contribution in [2.24, 2.45) is 23.5 Å². The fourth-order valence-corrected chi connectivity index (χ4v) is 3.28. The molecule has 2 N–H and O–H groups in total. The Morgan fingerprint density at radius 2 is 1.40 bits per heavy atom. The molecule has 2 atom stereocenters. The summed E-state index contributed by atoms with van der Waals surface area (Å²) in [6, 6.07) is 0. The van der Waals surface area contributed by atoms with Crippen LogP contribution in [0.5, 0.6) is 0 Å². The van der Waals surface area contributed by atoms with Crippen LogP contribution in [0.2, 0.25) is 0 Å². The first kappa shape index (κ1) is 24.7. The maximum Gasteiger partial charge on any atom is 0.0649 e. The minimum absolute atomic E-state index is 0.720. The lowest BCUT2D eigenvalue weighted by Gasteiger charge is -2.15. The highest BCUT2D eigenvalue weighted by molar-refractivity contribution is 4.97. The summed E-state index contributed by atoms with van der Waals surface area (Å²) in [6.07, 6.45) is 15.6. The van der Waals surface area contributed by atoms with Crippen molar-refractivity contribution < 1.29 is 4.74 Å². The number of ether oxygens (including phenoxy) is 1. The van der Waals surface area contributed by atoms with Crippen LogP contribution in [0.15, 0.2) is 11.6 Å². The third-order valence-electron chi connectivity index (χ3n) is 5.18. The predicted octanol–water partition coefficient (Wildman–Crippen LogP) is 6.74. The van der Waals surface area contributed by atoms with Crippen LogP contribution < -0.4 is 5.73 Å². The van der Waals surface area contributed by atoms with E-state index in [-0.39, 0.29) is 0 Å². The molecule has 0 aliphatic heterocycles. The molecule has 0 aromatic heterocycles. The molecule has 0 radical (unpaired) electrons. The highest BCUT2D eigenvalue weighted by Crippen LogP contribution is 2.22. The summed E-state index contributed by atoms with van der Waals surface area (Å²) in [4.78, 5) is 0. The van der Waals surface area contributed by atoms with Crippen molar-refractivity contribution in [3.8, 4) is 0 Å². The summed E-state index contributed by atoms with van der Waals surface area (Å²) in [5.41, 5.74) is 6.92. The monoisotopic (exact) mass is 353 g/mol. The van der Waals surface area contributed by atoms with Gasteiger partial charge in [0.15, 0.2) is 0 Å². The summed E-state index contributed by atoms with van der Waals surface area (Å²) < 4.78 is 5.53. The van der Waals surface area contributed by atoms with Gasteiger partial charge < -0.3 is 10.5 Å². The quantitative estimate of drug-likeness (QED) is 0.232. The Hall–Kier alpha value is -0.340. The molecule has 0 bridgehead atoms. The molecule has 2 heteroatoms. The Labute approximate surface area is 159 Å². The zero-order valence-corrected chi connectivity index (χ0v) is 18.0. The molecule has 25 heavy (non-hydrogen) atoms. The second kappa shape index (κ2) is 17.1. The summed E-state index contributed by atoms with van der Waals surface area (Å²) in [5.74, 6) is 2.65. The summed E-state index contributed by atoms with van der Waals surface area (Å²) in [7, 11) is 0. The summed E-state index contributed by atoms with van der Waals surface area (Å²) >= 11 is 0. The minimum atomic E-state index is 0.720. The van der Waals surface area contributed by atoms with Crippen molar-refractivity contribution in [3.63, 3.8) is 0 Å². The van der Waals surface area contributed by atoms with Gasteiger partial charge in [-0.15, -0.1) is 0 Å². The van der Waals surface area contributed by atoms with Crippen LogP contribution in [0.1, 0.15) is 98.8 Å². The maximum atomic E-state index is 5.53. The van der Waals surface area contributed by atoms with E-state index >= 15 is 0 Å². The second-order valence-electron chi connectivity index (χ2n) is 8.63. The molecule has 0 fully saturated rings. The second-order valence-corrected chi connectivity index (χ2v) is 8.63. The van der Waals surface area contributed by atoms with E-state index < -0.39 is 0 Å². The van der Waals surface area contributed by atoms with E-state index in [0.29, 0.717) is 0 Å². The van der Waals surface area contributed by atoms with Crippen molar-refractivity contribution in [1.82, 2.24) is 0 Å². The van der Waals surface area contributed by atoms with Gasteiger partial charge >= 0.3 is 0 Å². The molecule has 0 rings (SSSR count). The molecule has 0 unspecified atom stereocenters. The molecular formula is C23H47NO.